The van der Waals surface area contributed by atoms with Crippen LogP contribution in [0, 0.1) is 0 Å². The molecule has 1 heterocycles. The average Bonchev–Trinajstić information content (AvgIpc) is 2.79. The normalized spacial score (nSPS) is 18.6. The van der Waals surface area contributed by atoms with Crippen molar-refractivity contribution in [3.05, 3.63) is 59.7 Å². The molecule has 5 heteroatoms. The van der Waals surface area contributed by atoms with E-state index in [1.807, 2.05) is 35.2 Å². The summed E-state index contributed by atoms with van der Waals surface area (Å²) >= 11 is 0. The van der Waals surface area contributed by atoms with Crippen LogP contribution in [-0.2, 0) is 0 Å². The van der Waals surface area contributed by atoms with E-state index in [0.29, 0.717) is 22.7 Å². The third kappa shape index (κ3) is 4.20. The molecule has 1 N–H and O–H groups in total. The molecule has 1 aliphatic carbocycles. The number of carbonyl (C=O) groups excluding carboxylic acids is 1. The second kappa shape index (κ2) is 8.78. The lowest BCUT2D eigenvalue weighted by molar-refractivity contribution is 0.0523. The third-order valence-corrected chi connectivity index (χ3v) is 6.30. The molecule has 2 aliphatic rings. The van der Waals surface area contributed by atoms with Crippen LogP contribution in [0.1, 0.15) is 52.8 Å². The molecule has 2 aromatic carbocycles. The van der Waals surface area contributed by atoms with Gasteiger partial charge in [0, 0.05) is 37.8 Å². The molecule has 0 atom stereocenters. The van der Waals surface area contributed by atoms with Gasteiger partial charge >= 0.3 is 5.97 Å². The zero-order valence-electron chi connectivity index (χ0n) is 16.7. The van der Waals surface area contributed by atoms with Crippen molar-refractivity contribution in [3.63, 3.8) is 0 Å². The van der Waals surface area contributed by atoms with Crippen LogP contribution < -0.4 is 0 Å². The van der Waals surface area contributed by atoms with Gasteiger partial charge < -0.3 is 10.0 Å². The molecule has 1 saturated heterocycles. The third-order valence-electron chi connectivity index (χ3n) is 6.30. The van der Waals surface area contributed by atoms with Crippen LogP contribution in [0.15, 0.2) is 48.5 Å². The number of carbonyl (C=O) groups is 2. The van der Waals surface area contributed by atoms with Gasteiger partial charge in [-0.15, -0.1) is 0 Å². The molecule has 0 bridgehead atoms. The molecule has 2 fully saturated rings. The number of amides is 1. The Labute approximate surface area is 171 Å². The highest BCUT2D eigenvalue weighted by Gasteiger charge is 2.28. The summed E-state index contributed by atoms with van der Waals surface area (Å²) in [7, 11) is 0. The average molecular weight is 392 g/mol. The number of rotatable bonds is 4. The largest absolute Gasteiger partial charge is 0.478 e. The van der Waals surface area contributed by atoms with Gasteiger partial charge in [0.1, 0.15) is 0 Å². The van der Waals surface area contributed by atoms with Gasteiger partial charge in [-0.25, -0.2) is 4.79 Å². The fraction of sp³-hybridized carbons (Fsp3) is 0.417. The van der Waals surface area contributed by atoms with E-state index in [1.54, 1.807) is 18.2 Å². The van der Waals surface area contributed by atoms with E-state index in [4.69, 9.17) is 0 Å². The number of aromatic carboxylic acids is 1. The summed E-state index contributed by atoms with van der Waals surface area (Å²) in [4.78, 5) is 29.4. The lowest BCUT2D eigenvalue weighted by atomic mass is 9.93. The Hall–Kier alpha value is -2.66. The number of nitrogens with zero attached hydrogens (tertiary/aromatic N) is 2. The maximum Gasteiger partial charge on any atom is 0.336 e. The minimum absolute atomic E-state index is 0.0101. The molecule has 29 heavy (non-hydrogen) atoms. The summed E-state index contributed by atoms with van der Waals surface area (Å²) in [5.74, 6) is -0.993. The first kappa shape index (κ1) is 19.6. The predicted molar refractivity (Wildman–Crippen MR) is 113 cm³/mol. The fourth-order valence-corrected chi connectivity index (χ4v) is 4.72. The summed E-state index contributed by atoms with van der Waals surface area (Å²) in [6, 6.07) is 14.9. The molecule has 2 aromatic rings. The fourth-order valence-electron chi connectivity index (χ4n) is 4.72. The maximum absolute atomic E-state index is 13.3. The van der Waals surface area contributed by atoms with Crippen molar-refractivity contribution in [2.75, 3.05) is 26.2 Å². The smallest absolute Gasteiger partial charge is 0.336 e. The van der Waals surface area contributed by atoms with Crippen molar-refractivity contribution in [3.8, 4) is 11.1 Å². The lowest BCUT2D eigenvalue weighted by Crippen LogP contribution is -2.52. The SMILES string of the molecule is O=C(O)c1ccccc1-c1ccccc1C(=O)N1CCN(C2CCCCC2)CC1. The first-order valence-corrected chi connectivity index (χ1v) is 10.6. The number of hydrogen-bond acceptors (Lipinski definition) is 3. The highest BCUT2D eigenvalue weighted by atomic mass is 16.4. The Morgan fingerprint density at radius 2 is 1.31 bits per heavy atom. The standard InChI is InChI=1S/C24H28N2O3/c27-23(26-16-14-25(15-17-26)18-8-2-1-3-9-18)21-12-6-4-10-19(21)20-11-5-7-13-22(20)24(28)29/h4-7,10-13,18H,1-3,8-9,14-17H2,(H,28,29). The van der Waals surface area contributed by atoms with Crippen LogP contribution in [0.25, 0.3) is 11.1 Å². The number of carboxylic acids is 1. The molecule has 0 aromatic heterocycles. The Morgan fingerprint density at radius 1 is 0.759 bits per heavy atom. The Balaban J connectivity index is 1.53. The lowest BCUT2D eigenvalue weighted by Gasteiger charge is -2.40. The highest BCUT2D eigenvalue weighted by molar-refractivity contribution is 6.04. The van der Waals surface area contributed by atoms with Gasteiger partial charge in [0.25, 0.3) is 5.91 Å². The van der Waals surface area contributed by atoms with E-state index in [1.165, 1.54) is 32.1 Å². The van der Waals surface area contributed by atoms with Crippen molar-refractivity contribution in [2.45, 2.75) is 38.1 Å². The number of carboxylic acid groups (broad SMARTS) is 1. The summed E-state index contributed by atoms with van der Waals surface area (Å²) in [5.41, 5.74) is 2.07. The van der Waals surface area contributed by atoms with Crippen molar-refractivity contribution in [1.82, 2.24) is 9.80 Å². The Kier molecular flexibility index (Phi) is 5.95. The summed E-state index contributed by atoms with van der Waals surface area (Å²) < 4.78 is 0. The quantitative estimate of drug-likeness (QED) is 0.849. The van der Waals surface area contributed by atoms with Crippen molar-refractivity contribution in [2.24, 2.45) is 0 Å². The monoisotopic (exact) mass is 392 g/mol. The van der Waals surface area contributed by atoms with Crippen molar-refractivity contribution < 1.29 is 14.7 Å². The molecule has 1 aliphatic heterocycles. The maximum atomic E-state index is 13.3. The van der Waals surface area contributed by atoms with Crippen LogP contribution in [0.5, 0.6) is 0 Å². The van der Waals surface area contributed by atoms with Gasteiger partial charge in [-0.2, -0.15) is 0 Å². The highest BCUT2D eigenvalue weighted by Crippen LogP contribution is 2.29. The molecular weight excluding hydrogens is 364 g/mol. The molecule has 1 amide bonds. The summed E-state index contributed by atoms with van der Waals surface area (Å²) in [6.07, 6.45) is 6.55. The summed E-state index contributed by atoms with van der Waals surface area (Å²) in [6.45, 7) is 3.29. The molecule has 152 valence electrons. The van der Waals surface area contributed by atoms with E-state index < -0.39 is 5.97 Å². The molecule has 4 rings (SSSR count). The minimum Gasteiger partial charge on any atom is -0.478 e. The van der Waals surface area contributed by atoms with E-state index >= 15 is 0 Å². The van der Waals surface area contributed by atoms with Gasteiger partial charge in [0.2, 0.25) is 0 Å². The summed E-state index contributed by atoms with van der Waals surface area (Å²) in [5, 5.41) is 9.56. The van der Waals surface area contributed by atoms with E-state index in [2.05, 4.69) is 4.90 Å². The Bertz CT molecular complexity index is 881. The van der Waals surface area contributed by atoms with Crippen molar-refractivity contribution in [1.29, 1.82) is 0 Å². The molecule has 0 radical (unpaired) electrons. The molecule has 0 unspecified atom stereocenters. The van der Waals surface area contributed by atoms with Crippen molar-refractivity contribution >= 4 is 11.9 Å². The number of benzene rings is 2. The van der Waals surface area contributed by atoms with E-state index in [-0.39, 0.29) is 11.5 Å². The van der Waals surface area contributed by atoms with Crippen LogP contribution in [0.3, 0.4) is 0 Å². The Morgan fingerprint density at radius 3 is 1.93 bits per heavy atom. The number of hydrogen-bond donors (Lipinski definition) is 1. The topological polar surface area (TPSA) is 60.9 Å². The molecule has 1 saturated carbocycles. The zero-order chi connectivity index (χ0) is 20.2. The first-order chi connectivity index (χ1) is 14.1. The van der Waals surface area contributed by atoms with Crippen LogP contribution >= 0.6 is 0 Å². The van der Waals surface area contributed by atoms with Crippen LogP contribution in [0.4, 0.5) is 0 Å². The van der Waals surface area contributed by atoms with Crippen LogP contribution in [0.2, 0.25) is 0 Å². The van der Waals surface area contributed by atoms with Gasteiger partial charge in [0.05, 0.1) is 5.56 Å². The second-order valence-corrected chi connectivity index (χ2v) is 8.02. The van der Waals surface area contributed by atoms with Gasteiger partial charge in [-0.1, -0.05) is 55.7 Å². The molecule has 5 nitrogen and oxygen atoms in total. The van der Waals surface area contributed by atoms with Gasteiger partial charge in [-0.3, -0.25) is 9.69 Å². The molecule has 0 spiro atoms. The van der Waals surface area contributed by atoms with Gasteiger partial charge in [-0.05, 0) is 36.1 Å². The van der Waals surface area contributed by atoms with Crippen LogP contribution in [-0.4, -0.2) is 59.0 Å². The van der Waals surface area contributed by atoms with Gasteiger partial charge in [0.15, 0.2) is 0 Å². The molecular formula is C24H28N2O3. The minimum atomic E-state index is -0.982. The van der Waals surface area contributed by atoms with E-state index in [0.717, 1.165) is 26.2 Å². The van der Waals surface area contributed by atoms with E-state index in [9.17, 15) is 14.7 Å². The zero-order valence-corrected chi connectivity index (χ0v) is 16.7. The first-order valence-electron chi connectivity index (χ1n) is 10.6. The second-order valence-electron chi connectivity index (χ2n) is 8.02. The number of piperazine rings is 1. The predicted octanol–water partition coefficient (Wildman–Crippen LogP) is 4.14.